The molecular formula is C7H11N3O3. The highest BCUT2D eigenvalue weighted by atomic mass is 16.5. The number of hydrogen-bond donors (Lipinski definition) is 2. The van der Waals surface area contributed by atoms with Gasteiger partial charge in [0.25, 0.3) is 5.91 Å². The number of nitrogens with one attached hydrogen (secondary N) is 2. The molecule has 1 unspecified atom stereocenters. The number of nitrogens with zero attached hydrogens (tertiary/aromatic N) is 1. The van der Waals surface area contributed by atoms with Crippen molar-refractivity contribution < 1.29 is 14.3 Å². The molecule has 6 heteroatoms. The Kier molecular flexibility index (Phi) is 3.24. The maximum atomic E-state index is 11.0. The maximum absolute atomic E-state index is 11.0. The second-order valence-electron chi connectivity index (χ2n) is 2.44. The third-order valence-corrected chi connectivity index (χ3v) is 1.49. The van der Waals surface area contributed by atoms with Crippen molar-refractivity contribution in [2.45, 2.75) is 19.4 Å². The molecule has 0 fully saturated rings. The molecule has 1 aliphatic heterocycles. The van der Waals surface area contributed by atoms with Gasteiger partial charge in [-0.2, -0.15) is 5.10 Å². The number of hydrogen-bond acceptors (Lipinski definition) is 4. The molecule has 0 saturated carbocycles. The first kappa shape index (κ1) is 9.50. The number of alkyl carbamates (subject to hydrolysis) is 1. The molecule has 2 amide bonds. The number of carbonyl (C=O) groups is 2. The minimum absolute atomic E-state index is 0.286. The van der Waals surface area contributed by atoms with Crippen LogP contribution in [-0.4, -0.2) is 30.9 Å². The average molecular weight is 185 g/mol. The van der Waals surface area contributed by atoms with Gasteiger partial charge in [0.15, 0.2) is 0 Å². The number of ether oxygens (including phenoxy) is 1. The average Bonchev–Trinajstić information content (AvgIpc) is 2.09. The monoisotopic (exact) mass is 185 g/mol. The van der Waals surface area contributed by atoms with E-state index in [0.717, 1.165) is 0 Å². The SMILES string of the molecule is CCOC(=O)NC1CC=NNC1=O. The standard InChI is InChI=1S/C7H11N3O3/c1-2-13-7(12)9-5-3-4-8-10-6(5)11/h4-5H,2-3H2,1H3,(H,9,12)(H,10,11). The van der Waals surface area contributed by atoms with Crippen molar-refractivity contribution in [2.24, 2.45) is 5.10 Å². The van der Waals surface area contributed by atoms with E-state index in [0.29, 0.717) is 6.42 Å². The fourth-order valence-electron chi connectivity index (χ4n) is 0.892. The molecule has 0 bridgehead atoms. The Labute approximate surface area is 75.3 Å². The van der Waals surface area contributed by atoms with Gasteiger partial charge >= 0.3 is 6.09 Å². The van der Waals surface area contributed by atoms with Gasteiger partial charge in [-0.05, 0) is 6.92 Å². The van der Waals surface area contributed by atoms with Crippen LogP contribution in [0.15, 0.2) is 5.10 Å². The lowest BCUT2D eigenvalue weighted by Crippen LogP contribution is -2.47. The Bertz CT molecular complexity index is 239. The summed E-state index contributed by atoms with van der Waals surface area (Å²) < 4.78 is 4.62. The Balaban J connectivity index is 2.39. The number of carbonyl (C=O) groups excluding carboxylic acids is 2. The maximum Gasteiger partial charge on any atom is 0.407 e. The zero-order valence-electron chi connectivity index (χ0n) is 7.24. The molecule has 0 saturated heterocycles. The summed E-state index contributed by atoms with van der Waals surface area (Å²) in [6.45, 7) is 1.98. The van der Waals surface area contributed by atoms with Gasteiger partial charge in [-0.15, -0.1) is 0 Å². The molecule has 1 rings (SSSR count). The Morgan fingerprint density at radius 1 is 1.92 bits per heavy atom. The van der Waals surface area contributed by atoms with Crippen molar-refractivity contribution in [1.29, 1.82) is 0 Å². The van der Waals surface area contributed by atoms with Gasteiger partial charge in [0.1, 0.15) is 6.04 Å². The molecule has 1 atom stereocenters. The van der Waals surface area contributed by atoms with Crippen LogP contribution in [0.3, 0.4) is 0 Å². The van der Waals surface area contributed by atoms with Gasteiger partial charge in [0.2, 0.25) is 0 Å². The third kappa shape index (κ3) is 2.73. The Morgan fingerprint density at radius 2 is 2.69 bits per heavy atom. The molecule has 6 nitrogen and oxygen atoms in total. The highest BCUT2D eigenvalue weighted by Gasteiger charge is 2.22. The van der Waals surface area contributed by atoms with Gasteiger partial charge < -0.3 is 10.1 Å². The molecule has 0 aromatic heterocycles. The van der Waals surface area contributed by atoms with Gasteiger partial charge in [0.05, 0.1) is 6.61 Å². The summed E-state index contributed by atoms with van der Waals surface area (Å²) in [5.74, 6) is -0.324. The van der Waals surface area contributed by atoms with E-state index in [4.69, 9.17) is 0 Å². The van der Waals surface area contributed by atoms with Crippen molar-refractivity contribution in [3.63, 3.8) is 0 Å². The van der Waals surface area contributed by atoms with Gasteiger partial charge in [0, 0.05) is 12.6 Å². The van der Waals surface area contributed by atoms with Crippen LogP contribution in [0.2, 0.25) is 0 Å². The van der Waals surface area contributed by atoms with E-state index in [1.807, 2.05) is 0 Å². The van der Waals surface area contributed by atoms with Crippen LogP contribution in [0, 0.1) is 0 Å². The summed E-state index contributed by atoms with van der Waals surface area (Å²) in [5.41, 5.74) is 2.24. The minimum Gasteiger partial charge on any atom is -0.450 e. The lowest BCUT2D eigenvalue weighted by atomic mass is 10.2. The first-order valence-electron chi connectivity index (χ1n) is 3.98. The topological polar surface area (TPSA) is 79.8 Å². The molecule has 0 radical (unpaired) electrons. The van der Waals surface area contributed by atoms with E-state index in [9.17, 15) is 9.59 Å². The molecule has 1 heterocycles. The van der Waals surface area contributed by atoms with E-state index in [2.05, 4.69) is 20.6 Å². The van der Waals surface area contributed by atoms with E-state index in [1.165, 1.54) is 6.21 Å². The second kappa shape index (κ2) is 4.44. The van der Waals surface area contributed by atoms with E-state index in [-0.39, 0.29) is 12.5 Å². The van der Waals surface area contributed by atoms with Crippen LogP contribution in [0.4, 0.5) is 4.79 Å². The molecular weight excluding hydrogens is 174 g/mol. The summed E-state index contributed by atoms with van der Waals surface area (Å²) >= 11 is 0. The molecule has 0 aliphatic carbocycles. The van der Waals surface area contributed by atoms with E-state index in [1.54, 1.807) is 6.92 Å². The van der Waals surface area contributed by atoms with Crippen LogP contribution in [0.1, 0.15) is 13.3 Å². The van der Waals surface area contributed by atoms with Crippen LogP contribution in [-0.2, 0) is 9.53 Å². The van der Waals surface area contributed by atoms with Crippen LogP contribution < -0.4 is 10.7 Å². The summed E-state index contributed by atoms with van der Waals surface area (Å²) in [6, 6.07) is -0.573. The second-order valence-corrected chi connectivity index (χ2v) is 2.44. The molecule has 0 aromatic rings. The Morgan fingerprint density at radius 3 is 3.31 bits per heavy atom. The van der Waals surface area contributed by atoms with Crippen molar-refractivity contribution in [3.05, 3.63) is 0 Å². The van der Waals surface area contributed by atoms with Crippen molar-refractivity contribution in [3.8, 4) is 0 Å². The molecule has 1 aliphatic rings. The lowest BCUT2D eigenvalue weighted by Gasteiger charge is -2.17. The zero-order chi connectivity index (χ0) is 9.68. The fourth-order valence-corrected chi connectivity index (χ4v) is 0.892. The summed E-state index contributed by atoms with van der Waals surface area (Å²) in [7, 11) is 0. The van der Waals surface area contributed by atoms with Crippen molar-refractivity contribution in [1.82, 2.24) is 10.7 Å². The number of amides is 2. The molecule has 72 valence electrons. The zero-order valence-corrected chi connectivity index (χ0v) is 7.24. The molecule has 0 aromatic carbocycles. The van der Waals surface area contributed by atoms with Crippen molar-refractivity contribution >= 4 is 18.2 Å². The molecule has 2 N–H and O–H groups in total. The highest BCUT2D eigenvalue weighted by Crippen LogP contribution is 1.95. The smallest absolute Gasteiger partial charge is 0.407 e. The lowest BCUT2D eigenvalue weighted by molar-refractivity contribution is -0.123. The predicted molar refractivity (Wildman–Crippen MR) is 45.2 cm³/mol. The van der Waals surface area contributed by atoms with Crippen molar-refractivity contribution in [2.75, 3.05) is 6.61 Å². The largest absolute Gasteiger partial charge is 0.450 e. The van der Waals surface area contributed by atoms with Crippen LogP contribution in [0.5, 0.6) is 0 Å². The van der Waals surface area contributed by atoms with E-state index < -0.39 is 12.1 Å². The van der Waals surface area contributed by atoms with Gasteiger partial charge in [-0.3, -0.25) is 4.79 Å². The molecule has 13 heavy (non-hydrogen) atoms. The van der Waals surface area contributed by atoms with Gasteiger partial charge in [-0.1, -0.05) is 0 Å². The first-order valence-corrected chi connectivity index (χ1v) is 3.98. The predicted octanol–water partition coefficient (Wildman–Crippen LogP) is -0.393. The first-order chi connectivity index (χ1) is 6.24. The quantitative estimate of drug-likeness (QED) is 0.614. The van der Waals surface area contributed by atoms with Crippen LogP contribution in [0.25, 0.3) is 0 Å². The number of hydrazone groups is 1. The number of rotatable bonds is 2. The normalized spacial score (nSPS) is 20.7. The Hall–Kier alpha value is -1.59. The minimum atomic E-state index is -0.585. The summed E-state index contributed by atoms with van der Waals surface area (Å²) in [5, 5.41) is 5.95. The third-order valence-electron chi connectivity index (χ3n) is 1.49. The van der Waals surface area contributed by atoms with Gasteiger partial charge in [-0.25, -0.2) is 10.2 Å². The van der Waals surface area contributed by atoms with E-state index >= 15 is 0 Å². The summed E-state index contributed by atoms with van der Waals surface area (Å²) in [4.78, 5) is 21.9. The molecule has 0 spiro atoms. The van der Waals surface area contributed by atoms with Crippen LogP contribution >= 0.6 is 0 Å². The summed E-state index contributed by atoms with van der Waals surface area (Å²) in [6.07, 6.45) is 1.33. The fraction of sp³-hybridized carbons (Fsp3) is 0.571. The highest BCUT2D eigenvalue weighted by molar-refractivity contribution is 5.90.